The van der Waals surface area contributed by atoms with Crippen molar-refractivity contribution in [1.82, 2.24) is 39.8 Å². The van der Waals surface area contributed by atoms with Crippen molar-refractivity contribution in [1.29, 1.82) is 0 Å². The number of nitrogens with one attached hydrogen (secondary N) is 1. The third-order valence-corrected chi connectivity index (χ3v) is 11.7. The number of aromatic nitrogens is 4. The fourth-order valence-corrected chi connectivity index (χ4v) is 8.63. The number of rotatable bonds is 8. The van der Waals surface area contributed by atoms with Gasteiger partial charge in [-0.25, -0.2) is 14.6 Å². The lowest BCUT2D eigenvalue weighted by atomic mass is 9.97. The van der Waals surface area contributed by atoms with E-state index in [0.717, 1.165) is 90.1 Å². The summed E-state index contributed by atoms with van der Waals surface area (Å²) in [6, 6.07) is 22.9. The largest absolute Gasteiger partial charge is 0.457 e. The molecule has 15 heteroatoms. The average Bonchev–Trinajstić information content (AvgIpc) is 3.85. The van der Waals surface area contributed by atoms with Crippen LogP contribution in [0.5, 0.6) is 11.5 Å². The minimum atomic E-state index is -0.971. The number of carbonyl (C=O) groups is 4. The molecule has 2 aromatic heterocycles. The number of benzene rings is 3. The number of anilines is 2. The number of nitrogens with zero attached hydrogens (tertiary/aromatic N) is 8. The average molecular weight is 739 g/mol. The minimum absolute atomic E-state index is 0.0931. The van der Waals surface area contributed by atoms with Gasteiger partial charge in [0.15, 0.2) is 5.65 Å². The zero-order valence-electron chi connectivity index (χ0n) is 29.9. The molecular formula is C40H38N10O5. The van der Waals surface area contributed by atoms with E-state index in [1.54, 1.807) is 12.1 Å². The van der Waals surface area contributed by atoms with Gasteiger partial charge in [-0.2, -0.15) is 5.10 Å². The molecule has 0 saturated carbocycles. The standard InChI is InChI=1S/C40H38N10O5/c41-36-34-35(23-6-9-29(10-7-23)55-28-4-2-1-3-5-28)45-50(37(34)43-22-42-36)25-14-15-46(17-25)26-18-48(19-26)27-20-47(21-27)24-8-11-30-31(16-24)40(54)49(39(30)53)32-12-13-33(51)44-38(32)52/h1-11,16,22,25-27,32H,12-15,17-21H2,(H2,41,42,43)(H,44,51,52). The number of nitrogens with two attached hydrogens (primary N) is 1. The van der Waals surface area contributed by atoms with E-state index in [2.05, 4.69) is 30.0 Å². The Labute approximate surface area is 315 Å². The highest BCUT2D eigenvalue weighted by Crippen LogP contribution is 2.37. The van der Waals surface area contributed by atoms with Crippen molar-refractivity contribution in [3.8, 4) is 22.8 Å². The maximum absolute atomic E-state index is 13.3. The Balaban J connectivity index is 0.761. The van der Waals surface area contributed by atoms with E-state index in [1.807, 2.05) is 65.3 Å². The van der Waals surface area contributed by atoms with Gasteiger partial charge in [0.1, 0.15) is 35.4 Å². The lowest BCUT2D eigenvalue weighted by Gasteiger charge is -2.54. The molecule has 5 aliphatic heterocycles. The van der Waals surface area contributed by atoms with Crippen molar-refractivity contribution in [2.75, 3.05) is 49.9 Å². The van der Waals surface area contributed by atoms with Gasteiger partial charge in [0.05, 0.1) is 22.6 Å². The van der Waals surface area contributed by atoms with Gasteiger partial charge in [0.2, 0.25) is 11.8 Å². The molecular weight excluding hydrogens is 701 g/mol. The molecule has 4 saturated heterocycles. The van der Waals surface area contributed by atoms with Crippen LogP contribution in [0.3, 0.4) is 0 Å². The first-order valence-corrected chi connectivity index (χ1v) is 18.7. The molecule has 0 aliphatic carbocycles. The number of fused-ring (bicyclic) bond motifs is 2. The van der Waals surface area contributed by atoms with Gasteiger partial charge in [0.25, 0.3) is 11.8 Å². The maximum Gasteiger partial charge on any atom is 0.262 e. The van der Waals surface area contributed by atoms with Gasteiger partial charge in [-0.05, 0) is 67.4 Å². The highest BCUT2D eigenvalue weighted by Gasteiger charge is 2.46. The summed E-state index contributed by atoms with van der Waals surface area (Å²) in [6.07, 6.45) is 2.69. The van der Waals surface area contributed by atoms with E-state index >= 15 is 0 Å². The molecule has 5 aromatic rings. The van der Waals surface area contributed by atoms with Gasteiger partial charge < -0.3 is 15.4 Å². The molecule has 0 spiro atoms. The number of hydrogen-bond acceptors (Lipinski definition) is 12. The first-order valence-electron chi connectivity index (χ1n) is 18.7. The number of carbonyl (C=O) groups excluding carboxylic acids is 4. The summed E-state index contributed by atoms with van der Waals surface area (Å²) in [5.74, 6) is -0.0594. The predicted molar refractivity (Wildman–Crippen MR) is 201 cm³/mol. The SMILES string of the molecule is Nc1ncnc2c1c(-c1ccc(Oc3ccccc3)cc1)nn2C1CCN(C2CN(C3CN(c4ccc5c(c4)C(=O)N(C4CCC(=O)NC4=O)C5=O)C3)C2)C1. The summed E-state index contributed by atoms with van der Waals surface area (Å²) in [6.45, 7) is 5.48. The molecule has 3 N–H and O–H groups in total. The number of ether oxygens (including phenoxy) is 1. The lowest BCUT2D eigenvalue weighted by molar-refractivity contribution is -0.136. The summed E-state index contributed by atoms with van der Waals surface area (Å²) < 4.78 is 8.03. The van der Waals surface area contributed by atoms with Crippen molar-refractivity contribution < 1.29 is 23.9 Å². The van der Waals surface area contributed by atoms with Crippen LogP contribution in [0.2, 0.25) is 0 Å². The molecule has 55 heavy (non-hydrogen) atoms. The quantitative estimate of drug-likeness (QED) is 0.223. The predicted octanol–water partition coefficient (Wildman–Crippen LogP) is 3.09. The van der Waals surface area contributed by atoms with Crippen LogP contribution in [0.1, 0.15) is 46.0 Å². The van der Waals surface area contributed by atoms with Crippen LogP contribution in [0, 0.1) is 0 Å². The monoisotopic (exact) mass is 738 g/mol. The number of nitrogen functional groups attached to an aromatic ring is 1. The van der Waals surface area contributed by atoms with E-state index in [4.69, 9.17) is 15.6 Å². The molecule has 2 atom stereocenters. The summed E-state index contributed by atoms with van der Waals surface area (Å²) >= 11 is 0. The van der Waals surface area contributed by atoms with Crippen LogP contribution >= 0.6 is 0 Å². The van der Waals surface area contributed by atoms with Crippen LogP contribution < -0.4 is 20.7 Å². The maximum atomic E-state index is 13.3. The molecule has 7 heterocycles. The van der Waals surface area contributed by atoms with Crippen molar-refractivity contribution >= 4 is 46.2 Å². The molecule has 4 amide bonds. The molecule has 15 nitrogen and oxygen atoms in total. The second-order valence-corrected chi connectivity index (χ2v) is 15.0. The van der Waals surface area contributed by atoms with Crippen molar-refractivity contribution in [2.24, 2.45) is 0 Å². The van der Waals surface area contributed by atoms with Crippen LogP contribution in [0.15, 0.2) is 79.1 Å². The number of para-hydroxylation sites is 1. The summed E-state index contributed by atoms with van der Waals surface area (Å²) in [5.41, 5.74) is 10.3. The molecule has 5 aliphatic rings. The Bertz CT molecular complexity index is 2370. The molecule has 10 rings (SSSR count). The molecule has 0 bridgehead atoms. The summed E-state index contributed by atoms with van der Waals surface area (Å²) in [5, 5.41) is 8.10. The van der Waals surface area contributed by atoms with Gasteiger partial charge in [-0.3, -0.25) is 39.2 Å². The van der Waals surface area contributed by atoms with Crippen LogP contribution in [-0.2, 0) is 9.59 Å². The first kappa shape index (κ1) is 33.4. The third kappa shape index (κ3) is 5.69. The van der Waals surface area contributed by atoms with Gasteiger partial charge in [-0.1, -0.05) is 18.2 Å². The zero-order valence-corrected chi connectivity index (χ0v) is 29.9. The van der Waals surface area contributed by atoms with E-state index in [0.29, 0.717) is 29.0 Å². The van der Waals surface area contributed by atoms with Crippen LogP contribution in [0.25, 0.3) is 22.3 Å². The smallest absolute Gasteiger partial charge is 0.262 e. The highest BCUT2D eigenvalue weighted by molar-refractivity contribution is 6.23. The van der Waals surface area contributed by atoms with E-state index in [-0.39, 0.29) is 18.9 Å². The van der Waals surface area contributed by atoms with E-state index in [1.165, 1.54) is 6.33 Å². The highest BCUT2D eigenvalue weighted by atomic mass is 16.5. The Morgan fingerprint density at radius 2 is 1.47 bits per heavy atom. The molecule has 2 unspecified atom stereocenters. The number of amides is 4. The topological polar surface area (TPSA) is 172 Å². The molecule has 278 valence electrons. The van der Waals surface area contributed by atoms with Crippen molar-refractivity contribution in [3.63, 3.8) is 0 Å². The Morgan fingerprint density at radius 1 is 0.745 bits per heavy atom. The summed E-state index contributed by atoms with van der Waals surface area (Å²) in [7, 11) is 0. The molecule has 0 radical (unpaired) electrons. The Hall–Kier alpha value is -6.19. The van der Waals surface area contributed by atoms with Gasteiger partial charge in [0, 0.05) is 69.0 Å². The first-order chi connectivity index (χ1) is 26.8. The second-order valence-electron chi connectivity index (χ2n) is 15.0. The number of likely N-dealkylation sites (tertiary alicyclic amines) is 2. The Morgan fingerprint density at radius 3 is 2.25 bits per heavy atom. The second kappa shape index (κ2) is 13.0. The fourth-order valence-electron chi connectivity index (χ4n) is 8.63. The fraction of sp³-hybridized carbons (Fsp3) is 0.325. The van der Waals surface area contributed by atoms with E-state index in [9.17, 15) is 19.2 Å². The summed E-state index contributed by atoms with van der Waals surface area (Å²) in [4.78, 5) is 67.7. The molecule has 3 aromatic carbocycles. The number of imide groups is 2. The zero-order chi connectivity index (χ0) is 37.4. The van der Waals surface area contributed by atoms with Crippen molar-refractivity contribution in [3.05, 3.63) is 90.3 Å². The normalized spacial score (nSPS) is 22.3. The van der Waals surface area contributed by atoms with E-state index < -0.39 is 29.7 Å². The van der Waals surface area contributed by atoms with Crippen LogP contribution in [0.4, 0.5) is 11.5 Å². The van der Waals surface area contributed by atoms with Crippen molar-refractivity contribution in [2.45, 2.75) is 43.4 Å². The minimum Gasteiger partial charge on any atom is -0.457 e. The molecule has 4 fully saturated rings. The lowest BCUT2D eigenvalue weighted by Crippen LogP contribution is -2.69. The number of hydrogen-bond donors (Lipinski definition) is 2. The van der Waals surface area contributed by atoms with Gasteiger partial charge >= 0.3 is 0 Å². The third-order valence-electron chi connectivity index (χ3n) is 11.7. The van der Waals surface area contributed by atoms with Gasteiger partial charge in [-0.15, -0.1) is 0 Å². The van der Waals surface area contributed by atoms with Crippen LogP contribution in [-0.4, -0.2) is 115 Å². The Kier molecular flexibility index (Phi) is 7.88. The number of piperidine rings is 1.